The van der Waals surface area contributed by atoms with Gasteiger partial charge in [-0.15, -0.1) is 0 Å². The third-order valence-corrected chi connectivity index (χ3v) is 5.15. The molecule has 0 aliphatic heterocycles. The second kappa shape index (κ2) is 9.49. The van der Waals surface area contributed by atoms with Gasteiger partial charge in [-0.05, 0) is 57.9 Å². The first-order chi connectivity index (χ1) is 13.7. The molecule has 0 radical (unpaired) electrons. The van der Waals surface area contributed by atoms with Crippen LogP contribution in [-0.2, 0) is 22.6 Å². The summed E-state index contributed by atoms with van der Waals surface area (Å²) in [4.78, 5) is 43.7. The Morgan fingerprint density at radius 1 is 1.17 bits per heavy atom. The molecule has 0 aromatic carbocycles. The number of rotatable bonds is 8. The van der Waals surface area contributed by atoms with Gasteiger partial charge in [-0.2, -0.15) is 0 Å². The van der Waals surface area contributed by atoms with Crippen molar-refractivity contribution in [3.63, 3.8) is 0 Å². The Bertz CT molecular complexity index is 903. The monoisotopic (exact) mass is 399 g/mol. The van der Waals surface area contributed by atoms with Gasteiger partial charge < -0.3 is 14.2 Å². The van der Waals surface area contributed by atoms with Gasteiger partial charge in [-0.3, -0.25) is 14.6 Å². The Balaban J connectivity index is 2.44. The lowest BCUT2D eigenvalue weighted by molar-refractivity contribution is -0.130. The highest BCUT2D eigenvalue weighted by molar-refractivity contribution is 6.06. The maximum atomic E-state index is 13.4. The number of aromatic nitrogens is 2. The van der Waals surface area contributed by atoms with Gasteiger partial charge in [-0.25, -0.2) is 4.79 Å². The van der Waals surface area contributed by atoms with Gasteiger partial charge in [0.1, 0.15) is 5.69 Å². The Morgan fingerprint density at radius 3 is 2.31 bits per heavy atom. The van der Waals surface area contributed by atoms with Crippen molar-refractivity contribution < 1.29 is 19.1 Å². The summed E-state index contributed by atoms with van der Waals surface area (Å²) in [6.07, 6.45) is 3.31. The van der Waals surface area contributed by atoms with Gasteiger partial charge in [0.15, 0.2) is 5.78 Å². The first kappa shape index (κ1) is 22.3. The van der Waals surface area contributed by atoms with E-state index in [1.165, 1.54) is 11.8 Å². The molecule has 0 saturated heterocycles. The standard InChI is InChI=1S/C22H29N3O4/c1-7-24-15(4)19(14(3)20(24)22(28)29-8-2)21(27)16(5)25(17(6)26)13-18-9-11-23-12-10-18/h9-12,16H,7-8,13H2,1-6H3. The van der Waals surface area contributed by atoms with Gasteiger partial charge in [-0.1, -0.05) is 0 Å². The highest BCUT2D eigenvalue weighted by Gasteiger charge is 2.32. The van der Waals surface area contributed by atoms with Crippen molar-refractivity contribution in [2.45, 2.75) is 60.7 Å². The maximum absolute atomic E-state index is 13.4. The molecule has 0 spiro atoms. The molecule has 0 bridgehead atoms. The second-order valence-corrected chi connectivity index (χ2v) is 6.94. The molecule has 0 saturated carbocycles. The fourth-order valence-electron chi connectivity index (χ4n) is 3.67. The number of hydrogen-bond donors (Lipinski definition) is 0. The van der Waals surface area contributed by atoms with Crippen molar-refractivity contribution in [3.8, 4) is 0 Å². The molecule has 156 valence electrons. The SMILES string of the molecule is CCOC(=O)c1c(C)c(C(=O)C(C)N(Cc2ccncc2)C(C)=O)c(C)n1CC. The number of pyridine rings is 1. The summed E-state index contributed by atoms with van der Waals surface area (Å²) < 4.78 is 6.98. The average Bonchev–Trinajstić information content (AvgIpc) is 2.95. The van der Waals surface area contributed by atoms with E-state index in [4.69, 9.17) is 4.74 Å². The van der Waals surface area contributed by atoms with Crippen LogP contribution in [0, 0.1) is 13.8 Å². The van der Waals surface area contributed by atoms with Gasteiger partial charge in [0.2, 0.25) is 5.91 Å². The molecule has 29 heavy (non-hydrogen) atoms. The van der Waals surface area contributed by atoms with Crippen LogP contribution in [0.2, 0.25) is 0 Å². The fourth-order valence-corrected chi connectivity index (χ4v) is 3.67. The minimum atomic E-state index is -0.680. The summed E-state index contributed by atoms with van der Waals surface area (Å²) in [7, 11) is 0. The number of nitrogens with zero attached hydrogens (tertiary/aromatic N) is 3. The molecule has 2 rings (SSSR count). The van der Waals surface area contributed by atoms with Crippen LogP contribution in [0.15, 0.2) is 24.5 Å². The lowest BCUT2D eigenvalue weighted by Gasteiger charge is -2.27. The zero-order valence-electron chi connectivity index (χ0n) is 18.0. The van der Waals surface area contributed by atoms with E-state index in [1.807, 2.05) is 26.0 Å². The van der Waals surface area contributed by atoms with E-state index in [0.717, 1.165) is 5.56 Å². The van der Waals surface area contributed by atoms with Crippen molar-refractivity contribution in [1.82, 2.24) is 14.5 Å². The number of ether oxygens (including phenoxy) is 1. The zero-order valence-corrected chi connectivity index (χ0v) is 18.0. The Hall–Kier alpha value is -2.96. The summed E-state index contributed by atoms with van der Waals surface area (Å²) >= 11 is 0. The van der Waals surface area contributed by atoms with Crippen LogP contribution in [0.1, 0.15) is 65.4 Å². The van der Waals surface area contributed by atoms with Gasteiger partial charge in [0, 0.05) is 43.7 Å². The number of Topliss-reactive ketones (excluding diaryl/α,β-unsaturated/α-hetero) is 1. The van der Waals surface area contributed by atoms with Crippen molar-refractivity contribution >= 4 is 17.7 Å². The molecule has 7 nitrogen and oxygen atoms in total. The number of amides is 1. The third-order valence-electron chi connectivity index (χ3n) is 5.15. The molecule has 2 aromatic heterocycles. The van der Waals surface area contributed by atoms with Crippen molar-refractivity contribution in [1.29, 1.82) is 0 Å². The predicted molar refractivity (Wildman–Crippen MR) is 110 cm³/mol. The van der Waals surface area contributed by atoms with E-state index in [1.54, 1.807) is 37.7 Å². The molecule has 1 atom stereocenters. The van der Waals surface area contributed by atoms with Gasteiger partial charge in [0.05, 0.1) is 12.6 Å². The minimum absolute atomic E-state index is 0.193. The average molecular weight is 399 g/mol. The molecular weight excluding hydrogens is 370 g/mol. The van der Waals surface area contributed by atoms with Crippen molar-refractivity contribution in [2.75, 3.05) is 6.61 Å². The molecule has 0 aliphatic carbocycles. The van der Waals surface area contributed by atoms with E-state index in [0.29, 0.717) is 35.6 Å². The Morgan fingerprint density at radius 2 is 1.79 bits per heavy atom. The van der Waals surface area contributed by atoms with Crippen LogP contribution in [0.25, 0.3) is 0 Å². The number of carbonyl (C=O) groups is 3. The molecule has 2 aromatic rings. The van der Waals surface area contributed by atoms with Crippen LogP contribution in [0.4, 0.5) is 0 Å². The number of carbonyl (C=O) groups excluding carboxylic acids is 3. The fraction of sp³-hybridized carbons (Fsp3) is 0.455. The normalized spacial score (nSPS) is 11.8. The van der Waals surface area contributed by atoms with Gasteiger partial charge >= 0.3 is 5.97 Å². The third kappa shape index (κ3) is 4.55. The molecule has 0 N–H and O–H groups in total. The van der Waals surface area contributed by atoms with Crippen LogP contribution >= 0.6 is 0 Å². The molecular formula is C22H29N3O4. The van der Waals surface area contributed by atoms with Crippen LogP contribution < -0.4 is 0 Å². The Kier molecular flexibility index (Phi) is 7.31. The zero-order chi connectivity index (χ0) is 21.7. The highest BCUT2D eigenvalue weighted by atomic mass is 16.5. The molecule has 1 unspecified atom stereocenters. The summed E-state index contributed by atoms with van der Waals surface area (Å²) in [6, 6.07) is 2.95. The molecule has 1 amide bonds. The summed E-state index contributed by atoms with van der Waals surface area (Å²) in [6.45, 7) is 11.5. The highest BCUT2D eigenvalue weighted by Crippen LogP contribution is 2.26. The predicted octanol–water partition coefficient (Wildman–Crippen LogP) is 3.32. The lowest BCUT2D eigenvalue weighted by Crippen LogP contribution is -2.42. The summed E-state index contributed by atoms with van der Waals surface area (Å²) in [5, 5.41) is 0. The van der Waals surface area contributed by atoms with E-state index < -0.39 is 12.0 Å². The summed E-state index contributed by atoms with van der Waals surface area (Å²) in [5.41, 5.74) is 3.06. The number of hydrogen-bond acceptors (Lipinski definition) is 5. The minimum Gasteiger partial charge on any atom is -0.461 e. The van der Waals surface area contributed by atoms with E-state index in [9.17, 15) is 14.4 Å². The van der Waals surface area contributed by atoms with Crippen molar-refractivity contribution in [2.24, 2.45) is 0 Å². The largest absolute Gasteiger partial charge is 0.461 e. The molecule has 0 aliphatic rings. The second-order valence-electron chi connectivity index (χ2n) is 6.94. The van der Waals surface area contributed by atoms with Crippen molar-refractivity contribution in [3.05, 3.63) is 52.6 Å². The summed E-state index contributed by atoms with van der Waals surface area (Å²) in [5.74, 6) is -0.831. The number of ketones is 1. The van der Waals surface area contributed by atoms with Crippen LogP contribution in [0.3, 0.4) is 0 Å². The number of esters is 1. The molecule has 2 heterocycles. The first-order valence-electron chi connectivity index (χ1n) is 9.81. The quantitative estimate of drug-likeness (QED) is 0.502. The lowest BCUT2D eigenvalue weighted by atomic mass is 9.99. The van der Waals surface area contributed by atoms with E-state index in [2.05, 4.69) is 4.98 Å². The van der Waals surface area contributed by atoms with Crippen LogP contribution in [-0.4, -0.2) is 44.8 Å². The Labute approximate surface area is 171 Å². The van der Waals surface area contributed by atoms with Crippen LogP contribution in [0.5, 0.6) is 0 Å². The van der Waals surface area contributed by atoms with Gasteiger partial charge in [0.25, 0.3) is 0 Å². The van der Waals surface area contributed by atoms with E-state index in [-0.39, 0.29) is 18.3 Å². The smallest absolute Gasteiger partial charge is 0.355 e. The van der Waals surface area contributed by atoms with E-state index >= 15 is 0 Å². The maximum Gasteiger partial charge on any atom is 0.355 e. The first-order valence-corrected chi connectivity index (χ1v) is 9.81. The topological polar surface area (TPSA) is 81.5 Å². The molecule has 0 fully saturated rings. The molecule has 7 heteroatoms.